The number of nitrogens with zero attached hydrogens (tertiary/aromatic N) is 1. The molecule has 0 bridgehead atoms. The Labute approximate surface area is 111 Å². The van der Waals surface area contributed by atoms with Crippen LogP contribution in [0.1, 0.15) is 41.0 Å². The summed E-state index contributed by atoms with van der Waals surface area (Å²) in [7, 11) is 1.83. The van der Waals surface area contributed by atoms with Gasteiger partial charge in [-0.25, -0.2) is 0 Å². The van der Waals surface area contributed by atoms with E-state index in [9.17, 15) is 9.90 Å². The molecule has 1 fully saturated rings. The molecule has 1 aliphatic carbocycles. The van der Waals surface area contributed by atoms with Crippen LogP contribution in [0.25, 0.3) is 0 Å². The second-order valence-corrected chi connectivity index (χ2v) is 6.47. The van der Waals surface area contributed by atoms with Crippen molar-refractivity contribution in [2.45, 2.75) is 47.1 Å². The van der Waals surface area contributed by atoms with Crippen LogP contribution in [0.2, 0.25) is 0 Å². The molecule has 1 saturated carbocycles. The van der Waals surface area contributed by atoms with Crippen LogP contribution < -0.4 is 0 Å². The van der Waals surface area contributed by atoms with Gasteiger partial charge in [-0.2, -0.15) is 0 Å². The van der Waals surface area contributed by atoms with Gasteiger partial charge in [-0.1, -0.05) is 25.5 Å². The molecule has 104 valence electrons. The van der Waals surface area contributed by atoms with Crippen LogP contribution in [0.15, 0.2) is 11.6 Å². The maximum Gasteiger partial charge on any atom is 0.226 e. The molecule has 0 aromatic carbocycles. The average molecular weight is 253 g/mol. The van der Waals surface area contributed by atoms with Crippen molar-refractivity contribution in [3.05, 3.63) is 11.6 Å². The second kappa shape index (κ2) is 5.43. The minimum atomic E-state index is -0.346. The number of allylic oxidation sites excluding steroid dienone is 2. The van der Waals surface area contributed by atoms with Gasteiger partial charge < -0.3 is 10.0 Å². The fraction of sp³-hybridized carbons (Fsp3) is 0.800. The standard InChI is InChI=1S/C15H27NO2/c1-10(2)9-12-13(15(12,4)5)14(18)16(6)8-7-11(3)17/h9,11-13,17H,7-8H2,1-6H3. The molecule has 1 amide bonds. The number of aliphatic hydroxyl groups excluding tert-OH is 1. The lowest BCUT2D eigenvalue weighted by Crippen LogP contribution is -2.32. The first kappa shape index (κ1) is 15.2. The van der Waals surface area contributed by atoms with E-state index < -0.39 is 0 Å². The van der Waals surface area contributed by atoms with Gasteiger partial charge in [0, 0.05) is 13.6 Å². The van der Waals surface area contributed by atoms with Crippen LogP contribution in [-0.2, 0) is 4.79 Å². The zero-order chi connectivity index (χ0) is 14.1. The number of carbonyl (C=O) groups excluding carboxylic acids is 1. The van der Waals surface area contributed by atoms with Crippen molar-refractivity contribution in [1.29, 1.82) is 0 Å². The van der Waals surface area contributed by atoms with Crippen LogP contribution in [0.5, 0.6) is 0 Å². The third-order valence-corrected chi connectivity index (χ3v) is 3.95. The molecule has 3 heteroatoms. The molecule has 0 aromatic heterocycles. The topological polar surface area (TPSA) is 40.5 Å². The summed E-state index contributed by atoms with van der Waals surface area (Å²) in [6.45, 7) is 10.8. The van der Waals surface area contributed by atoms with Crippen molar-refractivity contribution >= 4 is 5.91 Å². The van der Waals surface area contributed by atoms with Gasteiger partial charge in [0.25, 0.3) is 0 Å². The van der Waals surface area contributed by atoms with E-state index >= 15 is 0 Å². The number of carbonyl (C=O) groups is 1. The van der Waals surface area contributed by atoms with E-state index in [0.717, 1.165) is 0 Å². The van der Waals surface area contributed by atoms with Crippen LogP contribution in [0.4, 0.5) is 0 Å². The minimum absolute atomic E-state index is 0.0768. The lowest BCUT2D eigenvalue weighted by molar-refractivity contribution is -0.132. The number of amides is 1. The Balaban J connectivity index is 2.60. The van der Waals surface area contributed by atoms with E-state index in [1.165, 1.54) is 5.57 Å². The predicted octanol–water partition coefficient (Wildman–Crippen LogP) is 2.45. The van der Waals surface area contributed by atoms with Gasteiger partial charge in [-0.05, 0) is 38.5 Å². The average Bonchev–Trinajstić information content (AvgIpc) is 2.74. The van der Waals surface area contributed by atoms with Gasteiger partial charge in [0.1, 0.15) is 0 Å². The first-order valence-corrected chi connectivity index (χ1v) is 6.76. The molecule has 1 rings (SSSR count). The zero-order valence-electron chi connectivity index (χ0n) is 12.5. The van der Waals surface area contributed by atoms with Crippen molar-refractivity contribution in [1.82, 2.24) is 4.90 Å². The summed E-state index contributed by atoms with van der Waals surface area (Å²) in [5.41, 5.74) is 1.35. The highest BCUT2D eigenvalue weighted by molar-refractivity contribution is 5.83. The Bertz CT molecular complexity index is 340. The molecule has 0 heterocycles. The molecule has 0 radical (unpaired) electrons. The normalized spacial score (nSPS) is 26.4. The summed E-state index contributed by atoms with van der Waals surface area (Å²) in [6.07, 6.45) is 2.51. The summed E-state index contributed by atoms with van der Waals surface area (Å²) in [4.78, 5) is 14.1. The highest BCUT2D eigenvalue weighted by Crippen LogP contribution is 2.59. The maximum atomic E-state index is 12.3. The van der Waals surface area contributed by atoms with E-state index in [4.69, 9.17) is 0 Å². The smallest absolute Gasteiger partial charge is 0.226 e. The van der Waals surface area contributed by atoms with E-state index in [0.29, 0.717) is 18.9 Å². The molecule has 0 spiro atoms. The Hall–Kier alpha value is -0.830. The largest absolute Gasteiger partial charge is 0.393 e. The first-order chi connectivity index (χ1) is 8.17. The quantitative estimate of drug-likeness (QED) is 0.765. The third-order valence-electron chi connectivity index (χ3n) is 3.95. The first-order valence-electron chi connectivity index (χ1n) is 6.76. The van der Waals surface area contributed by atoms with Gasteiger partial charge in [-0.3, -0.25) is 4.79 Å². The number of hydrogen-bond acceptors (Lipinski definition) is 2. The number of rotatable bonds is 5. The Kier molecular flexibility index (Phi) is 4.60. The van der Waals surface area contributed by atoms with Crippen LogP contribution in [0, 0.1) is 17.3 Å². The van der Waals surface area contributed by atoms with E-state index in [2.05, 4.69) is 33.8 Å². The van der Waals surface area contributed by atoms with Crippen LogP contribution in [0.3, 0.4) is 0 Å². The lowest BCUT2D eigenvalue weighted by atomic mass is 10.1. The van der Waals surface area contributed by atoms with E-state index in [1.807, 2.05) is 7.05 Å². The second-order valence-electron chi connectivity index (χ2n) is 6.47. The highest BCUT2D eigenvalue weighted by Gasteiger charge is 2.60. The molecule has 0 saturated heterocycles. The molecular weight excluding hydrogens is 226 g/mol. The SMILES string of the molecule is CC(C)=CC1C(C(=O)N(C)CCC(C)O)C1(C)C. The fourth-order valence-corrected chi connectivity index (χ4v) is 2.55. The third kappa shape index (κ3) is 3.35. The Morgan fingerprint density at radius 1 is 1.44 bits per heavy atom. The van der Waals surface area contributed by atoms with Crippen molar-refractivity contribution in [2.75, 3.05) is 13.6 Å². The van der Waals surface area contributed by atoms with Gasteiger partial charge in [-0.15, -0.1) is 0 Å². The van der Waals surface area contributed by atoms with Gasteiger partial charge >= 0.3 is 0 Å². The Morgan fingerprint density at radius 3 is 2.44 bits per heavy atom. The van der Waals surface area contributed by atoms with E-state index in [-0.39, 0.29) is 23.3 Å². The van der Waals surface area contributed by atoms with Crippen molar-refractivity contribution < 1.29 is 9.90 Å². The number of aliphatic hydroxyl groups is 1. The summed E-state index contributed by atoms with van der Waals surface area (Å²) >= 11 is 0. The molecule has 1 N–H and O–H groups in total. The lowest BCUT2D eigenvalue weighted by Gasteiger charge is -2.18. The Morgan fingerprint density at radius 2 is 2.00 bits per heavy atom. The summed E-state index contributed by atoms with van der Waals surface area (Å²) in [5, 5.41) is 9.26. The van der Waals surface area contributed by atoms with Crippen LogP contribution >= 0.6 is 0 Å². The minimum Gasteiger partial charge on any atom is -0.393 e. The fourth-order valence-electron chi connectivity index (χ4n) is 2.55. The highest BCUT2D eigenvalue weighted by atomic mass is 16.3. The molecule has 3 nitrogen and oxygen atoms in total. The number of hydrogen-bond donors (Lipinski definition) is 1. The summed E-state index contributed by atoms with van der Waals surface area (Å²) in [6, 6.07) is 0. The molecule has 0 aliphatic heterocycles. The zero-order valence-corrected chi connectivity index (χ0v) is 12.5. The van der Waals surface area contributed by atoms with E-state index in [1.54, 1.807) is 11.8 Å². The molecule has 3 atom stereocenters. The van der Waals surface area contributed by atoms with Crippen LogP contribution in [-0.4, -0.2) is 35.6 Å². The summed E-state index contributed by atoms with van der Waals surface area (Å²) < 4.78 is 0. The van der Waals surface area contributed by atoms with Gasteiger partial charge in [0.2, 0.25) is 5.91 Å². The van der Waals surface area contributed by atoms with Crippen molar-refractivity contribution in [2.24, 2.45) is 17.3 Å². The summed E-state index contributed by atoms with van der Waals surface area (Å²) in [5.74, 6) is 0.679. The molecule has 0 aromatic rings. The predicted molar refractivity (Wildman–Crippen MR) is 74.1 cm³/mol. The molecule has 1 aliphatic rings. The van der Waals surface area contributed by atoms with Gasteiger partial charge in [0.05, 0.1) is 12.0 Å². The van der Waals surface area contributed by atoms with Crippen molar-refractivity contribution in [3.63, 3.8) is 0 Å². The maximum absolute atomic E-state index is 12.3. The molecule has 18 heavy (non-hydrogen) atoms. The monoisotopic (exact) mass is 253 g/mol. The van der Waals surface area contributed by atoms with Gasteiger partial charge in [0.15, 0.2) is 0 Å². The molecular formula is C15H27NO2. The molecule has 3 unspecified atom stereocenters. The van der Waals surface area contributed by atoms with Crippen molar-refractivity contribution in [3.8, 4) is 0 Å².